The molecule has 0 fully saturated rings. The standard InChI is InChI=1S/C9H11NO2/c1-6-3-8(10-7(2)11)5-9(12)4-6/h3-5,12H,1-2H3,(H,10,11). The van der Waals surface area contributed by atoms with Crippen LogP contribution in [-0.4, -0.2) is 11.0 Å². The minimum Gasteiger partial charge on any atom is -0.508 e. The monoisotopic (exact) mass is 165 g/mol. The number of aromatic hydroxyl groups is 1. The van der Waals surface area contributed by atoms with E-state index >= 15 is 0 Å². The van der Waals surface area contributed by atoms with Gasteiger partial charge >= 0.3 is 0 Å². The number of carbonyl (C=O) groups is 1. The number of nitrogens with one attached hydrogen (secondary N) is 1. The van der Waals surface area contributed by atoms with Crippen molar-refractivity contribution < 1.29 is 9.90 Å². The van der Waals surface area contributed by atoms with Gasteiger partial charge in [-0.05, 0) is 24.6 Å². The van der Waals surface area contributed by atoms with Crippen LogP contribution in [0.1, 0.15) is 12.5 Å². The lowest BCUT2D eigenvalue weighted by atomic mass is 10.2. The first kappa shape index (κ1) is 8.59. The molecule has 0 atom stereocenters. The molecular formula is C9H11NO2. The van der Waals surface area contributed by atoms with Crippen molar-refractivity contribution in [3.8, 4) is 5.75 Å². The lowest BCUT2D eigenvalue weighted by Gasteiger charge is -2.03. The first-order valence-electron chi connectivity index (χ1n) is 3.66. The Hall–Kier alpha value is -1.51. The summed E-state index contributed by atoms with van der Waals surface area (Å²) in [5, 5.41) is 11.7. The molecule has 0 aliphatic rings. The number of aryl methyl sites for hydroxylation is 1. The predicted molar refractivity (Wildman–Crippen MR) is 47.1 cm³/mol. The quantitative estimate of drug-likeness (QED) is 0.664. The van der Waals surface area contributed by atoms with Gasteiger partial charge in [0.25, 0.3) is 0 Å². The van der Waals surface area contributed by atoms with Crippen LogP contribution in [0.3, 0.4) is 0 Å². The molecule has 12 heavy (non-hydrogen) atoms. The average molecular weight is 165 g/mol. The number of carbonyl (C=O) groups excluding carboxylic acids is 1. The highest BCUT2D eigenvalue weighted by Gasteiger charge is 1.97. The van der Waals surface area contributed by atoms with E-state index in [-0.39, 0.29) is 11.7 Å². The summed E-state index contributed by atoms with van der Waals surface area (Å²) in [6, 6.07) is 4.93. The van der Waals surface area contributed by atoms with Crippen LogP contribution in [0.15, 0.2) is 18.2 Å². The molecular weight excluding hydrogens is 154 g/mol. The third kappa shape index (κ3) is 2.27. The number of hydrogen-bond donors (Lipinski definition) is 2. The van der Waals surface area contributed by atoms with Crippen LogP contribution < -0.4 is 5.32 Å². The molecule has 1 amide bonds. The van der Waals surface area contributed by atoms with Gasteiger partial charge in [-0.15, -0.1) is 0 Å². The number of phenols is 1. The van der Waals surface area contributed by atoms with Crippen molar-refractivity contribution in [2.75, 3.05) is 5.32 Å². The largest absolute Gasteiger partial charge is 0.508 e. The van der Waals surface area contributed by atoms with E-state index in [0.29, 0.717) is 5.69 Å². The van der Waals surface area contributed by atoms with E-state index in [0.717, 1.165) is 5.56 Å². The lowest BCUT2D eigenvalue weighted by molar-refractivity contribution is -0.114. The van der Waals surface area contributed by atoms with E-state index in [1.165, 1.54) is 13.0 Å². The Labute approximate surface area is 71.0 Å². The van der Waals surface area contributed by atoms with Crippen LogP contribution in [0, 0.1) is 6.92 Å². The van der Waals surface area contributed by atoms with Gasteiger partial charge in [-0.2, -0.15) is 0 Å². The van der Waals surface area contributed by atoms with Gasteiger partial charge in [-0.3, -0.25) is 4.79 Å². The average Bonchev–Trinajstić information content (AvgIpc) is 1.81. The molecule has 0 aliphatic carbocycles. The Bertz CT molecular complexity index is 287. The zero-order valence-corrected chi connectivity index (χ0v) is 7.09. The molecule has 1 rings (SSSR count). The second-order valence-corrected chi connectivity index (χ2v) is 2.74. The fourth-order valence-electron chi connectivity index (χ4n) is 1.04. The van der Waals surface area contributed by atoms with Crippen molar-refractivity contribution in [1.29, 1.82) is 0 Å². The van der Waals surface area contributed by atoms with Gasteiger partial charge in [-0.25, -0.2) is 0 Å². The van der Waals surface area contributed by atoms with Crippen LogP contribution in [0.2, 0.25) is 0 Å². The Morgan fingerprint density at radius 2 is 2.08 bits per heavy atom. The maximum absolute atomic E-state index is 10.6. The molecule has 0 aliphatic heterocycles. The van der Waals surface area contributed by atoms with Crippen molar-refractivity contribution in [3.63, 3.8) is 0 Å². The Balaban J connectivity index is 2.93. The van der Waals surface area contributed by atoms with Crippen LogP contribution in [-0.2, 0) is 4.79 Å². The SMILES string of the molecule is CC(=O)Nc1cc(C)cc(O)c1. The molecule has 1 aromatic rings. The molecule has 0 spiro atoms. The van der Waals surface area contributed by atoms with Crippen LogP contribution in [0.5, 0.6) is 5.75 Å². The Morgan fingerprint density at radius 3 is 2.58 bits per heavy atom. The van der Waals surface area contributed by atoms with E-state index in [1.54, 1.807) is 12.1 Å². The maximum atomic E-state index is 10.6. The second-order valence-electron chi connectivity index (χ2n) is 2.74. The molecule has 0 saturated carbocycles. The zero-order valence-electron chi connectivity index (χ0n) is 7.09. The van der Waals surface area contributed by atoms with Crippen LogP contribution >= 0.6 is 0 Å². The van der Waals surface area contributed by atoms with Crippen molar-refractivity contribution in [2.45, 2.75) is 13.8 Å². The number of amides is 1. The maximum Gasteiger partial charge on any atom is 0.221 e. The molecule has 0 saturated heterocycles. The predicted octanol–water partition coefficient (Wildman–Crippen LogP) is 1.66. The molecule has 0 aromatic heterocycles. The third-order valence-electron chi connectivity index (χ3n) is 1.38. The number of benzene rings is 1. The van der Waals surface area contributed by atoms with Crippen LogP contribution in [0.4, 0.5) is 5.69 Å². The summed E-state index contributed by atoms with van der Waals surface area (Å²) in [6.07, 6.45) is 0. The highest BCUT2D eigenvalue weighted by atomic mass is 16.3. The van der Waals surface area contributed by atoms with Gasteiger partial charge in [0.2, 0.25) is 5.91 Å². The fraction of sp³-hybridized carbons (Fsp3) is 0.222. The number of rotatable bonds is 1. The van der Waals surface area contributed by atoms with Gasteiger partial charge in [0.1, 0.15) is 5.75 Å². The summed E-state index contributed by atoms with van der Waals surface area (Å²) in [7, 11) is 0. The van der Waals surface area contributed by atoms with Crippen molar-refractivity contribution in [1.82, 2.24) is 0 Å². The normalized spacial score (nSPS) is 9.50. The van der Waals surface area contributed by atoms with E-state index in [2.05, 4.69) is 5.32 Å². The van der Waals surface area contributed by atoms with Gasteiger partial charge in [0, 0.05) is 18.7 Å². The van der Waals surface area contributed by atoms with Crippen molar-refractivity contribution in [2.24, 2.45) is 0 Å². The molecule has 0 radical (unpaired) electrons. The van der Waals surface area contributed by atoms with Crippen LogP contribution in [0.25, 0.3) is 0 Å². The van der Waals surface area contributed by atoms with Gasteiger partial charge in [-0.1, -0.05) is 0 Å². The molecule has 0 bridgehead atoms. The minimum atomic E-state index is -0.139. The number of hydrogen-bond acceptors (Lipinski definition) is 2. The summed E-state index contributed by atoms with van der Waals surface area (Å²) < 4.78 is 0. The molecule has 64 valence electrons. The molecule has 0 heterocycles. The molecule has 3 nitrogen and oxygen atoms in total. The first-order valence-corrected chi connectivity index (χ1v) is 3.66. The highest BCUT2D eigenvalue weighted by molar-refractivity contribution is 5.88. The fourth-order valence-corrected chi connectivity index (χ4v) is 1.04. The molecule has 1 aromatic carbocycles. The van der Waals surface area contributed by atoms with Gasteiger partial charge in [0.15, 0.2) is 0 Å². The first-order chi connectivity index (χ1) is 5.58. The van der Waals surface area contributed by atoms with Crippen molar-refractivity contribution in [3.05, 3.63) is 23.8 Å². The summed E-state index contributed by atoms with van der Waals surface area (Å²) in [6.45, 7) is 3.28. The minimum absolute atomic E-state index is 0.139. The molecule has 0 unspecified atom stereocenters. The number of phenolic OH excluding ortho intramolecular Hbond substituents is 1. The third-order valence-corrected chi connectivity index (χ3v) is 1.38. The highest BCUT2D eigenvalue weighted by Crippen LogP contribution is 2.18. The van der Waals surface area contributed by atoms with Gasteiger partial charge in [0.05, 0.1) is 0 Å². The molecule has 3 heteroatoms. The summed E-state index contributed by atoms with van der Waals surface area (Å²) in [4.78, 5) is 10.6. The topological polar surface area (TPSA) is 49.3 Å². The van der Waals surface area contributed by atoms with E-state index in [1.807, 2.05) is 6.92 Å². The van der Waals surface area contributed by atoms with E-state index in [9.17, 15) is 4.79 Å². The van der Waals surface area contributed by atoms with E-state index in [4.69, 9.17) is 5.11 Å². The Kier molecular flexibility index (Phi) is 2.33. The molecule has 2 N–H and O–H groups in total. The Morgan fingerprint density at radius 1 is 1.42 bits per heavy atom. The number of anilines is 1. The van der Waals surface area contributed by atoms with E-state index < -0.39 is 0 Å². The summed E-state index contributed by atoms with van der Waals surface area (Å²) in [5.74, 6) is 0.0266. The van der Waals surface area contributed by atoms with Gasteiger partial charge < -0.3 is 10.4 Å². The lowest BCUT2D eigenvalue weighted by Crippen LogP contribution is -2.05. The second kappa shape index (κ2) is 3.26. The van der Waals surface area contributed by atoms with Crippen molar-refractivity contribution >= 4 is 11.6 Å². The zero-order chi connectivity index (χ0) is 9.14. The summed E-state index contributed by atoms with van der Waals surface area (Å²) >= 11 is 0. The smallest absolute Gasteiger partial charge is 0.221 e. The summed E-state index contributed by atoms with van der Waals surface area (Å²) in [5.41, 5.74) is 1.54.